The molecule has 0 bridgehead atoms. The van der Waals surface area contributed by atoms with E-state index in [4.69, 9.17) is 21.1 Å². The van der Waals surface area contributed by atoms with Gasteiger partial charge in [0.1, 0.15) is 17.2 Å². The van der Waals surface area contributed by atoms with Crippen LogP contribution >= 0.6 is 11.6 Å². The third-order valence-corrected chi connectivity index (χ3v) is 8.13. The molecule has 0 saturated carbocycles. The molecule has 32 heavy (non-hydrogen) atoms. The molecule has 2 saturated heterocycles. The second-order valence-electron chi connectivity index (χ2n) is 10.4. The number of aromatic nitrogens is 2. The number of fused-ring (bicyclic) bond motifs is 3. The first-order valence-electron chi connectivity index (χ1n) is 11.7. The highest BCUT2D eigenvalue weighted by Crippen LogP contribution is 2.55. The SMILES string of the molecule is Cc1nc(CO)cn1CCN1CCC2(CC1)COC1c3ccc(Cl)cc3OC(C)(C)C1C2. The quantitative estimate of drug-likeness (QED) is 0.735. The molecule has 3 aliphatic rings. The van der Waals surface area contributed by atoms with Crippen LogP contribution in [0.1, 0.15) is 56.3 Å². The molecule has 0 radical (unpaired) electrons. The van der Waals surface area contributed by atoms with Gasteiger partial charge in [-0.05, 0) is 70.7 Å². The maximum absolute atomic E-state index is 9.31. The first kappa shape index (κ1) is 22.2. The summed E-state index contributed by atoms with van der Waals surface area (Å²) < 4.78 is 15.2. The zero-order valence-electron chi connectivity index (χ0n) is 19.3. The van der Waals surface area contributed by atoms with Crippen molar-refractivity contribution in [1.29, 1.82) is 0 Å². The van der Waals surface area contributed by atoms with Crippen LogP contribution in [0, 0.1) is 18.3 Å². The van der Waals surface area contributed by atoms with E-state index in [1.54, 1.807) is 0 Å². The molecule has 7 heteroatoms. The van der Waals surface area contributed by atoms with Crippen molar-refractivity contribution < 1.29 is 14.6 Å². The number of nitrogens with zero attached hydrogens (tertiary/aromatic N) is 3. The molecule has 1 spiro atoms. The monoisotopic (exact) mass is 459 g/mol. The Kier molecular flexibility index (Phi) is 5.77. The average molecular weight is 460 g/mol. The van der Waals surface area contributed by atoms with Gasteiger partial charge in [-0.3, -0.25) is 0 Å². The zero-order chi connectivity index (χ0) is 22.5. The maximum Gasteiger partial charge on any atom is 0.127 e. The normalized spacial score (nSPS) is 26.4. The van der Waals surface area contributed by atoms with Gasteiger partial charge in [0.15, 0.2) is 0 Å². The Balaban J connectivity index is 1.23. The molecule has 174 valence electrons. The Morgan fingerprint density at radius 1 is 1.22 bits per heavy atom. The Bertz CT molecular complexity index is 981. The predicted octanol–water partition coefficient (Wildman–Crippen LogP) is 4.37. The Morgan fingerprint density at radius 2 is 2.00 bits per heavy atom. The first-order chi connectivity index (χ1) is 15.3. The largest absolute Gasteiger partial charge is 0.487 e. The molecule has 2 unspecified atom stereocenters. The molecule has 3 aliphatic heterocycles. The van der Waals surface area contributed by atoms with E-state index in [9.17, 15) is 5.11 Å². The standard InChI is InChI=1S/C25H34ClN3O3/c1-17-27-19(15-30)14-29(17)11-10-28-8-6-25(7-9-28)13-21-23(31-16-25)20-5-4-18(26)12-22(20)32-24(21,2)3/h4-5,12,14,21,23,30H,6-11,13,15-16H2,1-3H3. The van der Waals surface area contributed by atoms with Gasteiger partial charge in [0.2, 0.25) is 0 Å². The number of aliphatic hydroxyl groups is 1. The van der Waals surface area contributed by atoms with Crippen LogP contribution in [0.15, 0.2) is 24.4 Å². The van der Waals surface area contributed by atoms with E-state index in [1.807, 2.05) is 25.3 Å². The summed E-state index contributed by atoms with van der Waals surface area (Å²) in [4.78, 5) is 6.94. The predicted molar refractivity (Wildman–Crippen MR) is 124 cm³/mol. The number of likely N-dealkylation sites (tertiary alicyclic amines) is 1. The van der Waals surface area contributed by atoms with Crippen LogP contribution in [0.5, 0.6) is 5.75 Å². The minimum Gasteiger partial charge on any atom is -0.487 e. The molecule has 2 fully saturated rings. The van der Waals surface area contributed by atoms with Crippen molar-refractivity contribution in [2.24, 2.45) is 11.3 Å². The fraction of sp³-hybridized carbons (Fsp3) is 0.640. The van der Waals surface area contributed by atoms with Gasteiger partial charge in [0.05, 0.1) is 25.0 Å². The minimum atomic E-state index is -0.281. The minimum absolute atomic E-state index is 0.000187. The van der Waals surface area contributed by atoms with E-state index in [2.05, 4.69) is 34.4 Å². The molecule has 1 aromatic carbocycles. The van der Waals surface area contributed by atoms with E-state index < -0.39 is 0 Å². The summed E-state index contributed by atoms with van der Waals surface area (Å²) in [5, 5.41) is 10.0. The number of aryl methyl sites for hydroxylation is 1. The molecule has 2 atom stereocenters. The van der Waals surface area contributed by atoms with Crippen molar-refractivity contribution in [2.45, 2.75) is 64.9 Å². The van der Waals surface area contributed by atoms with Crippen molar-refractivity contribution in [3.8, 4) is 5.75 Å². The number of halogens is 1. The van der Waals surface area contributed by atoms with Gasteiger partial charge in [-0.25, -0.2) is 4.98 Å². The topological polar surface area (TPSA) is 59.8 Å². The van der Waals surface area contributed by atoms with Crippen LogP contribution in [0.3, 0.4) is 0 Å². The number of piperidine rings is 1. The van der Waals surface area contributed by atoms with Gasteiger partial charge >= 0.3 is 0 Å². The number of benzene rings is 1. The molecule has 2 aromatic rings. The Hall–Kier alpha value is -1.60. The molecule has 1 N–H and O–H groups in total. The number of ether oxygens (including phenoxy) is 2. The lowest BCUT2D eigenvalue weighted by Gasteiger charge is -2.54. The molecule has 6 nitrogen and oxygen atoms in total. The summed E-state index contributed by atoms with van der Waals surface area (Å²) in [6.07, 6.45) is 5.50. The van der Waals surface area contributed by atoms with Crippen LogP contribution in [0.4, 0.5) is 0 Å². The van der Waals surface area contributed by atoms with E-state index in [0.29, 0.717) is 10.9 Å². The van der Waals surface area contributed by atoms with Crippen molar-refractivity contribution in [1.82, 2.24) is 14.5 Å². The average Bonchev–Trinajstić information content (AvgIpc) is 3.13. The fourth-order valence-electron chi connectivity index (χ4n) is 5.85. The highest BCUT2D eigenvalue weighted by molar-refractivity contribution is 6.30. The van der Waals surface area contributed by atoms with Crippen LogP contribution < -0.4 is 4.74 Å². The summed E-state index contributed by atoms with van der Waals surface area (Å²) >= 11 is 6.22. The second kappa shape index (κ2) is 8.32. The Labute approximate surface area is 195 Å². The van der Waals surface area contributed by atoms with Crippen molar-refractivity contribution >= 4 is 11.6 Å². The molecule has 5 rings (SSSR count). The third-order valence-electron chi connectivity index (χ3n) is 7.90. The van der Waals surface area contributed by atoms with Crippen LogP contribution in [-0.4, -0.2) is 51.4 Å². The number of hydrogen-bond donors (Lipinski definition) is 1. The molecular formula is C25H34ClN3O3. The van der Waals surface area contributed by atoms with Gasteiger partial charge in [-0.1, -0.05) is 17.7 Å². The van der Waals surface area contributed by atoms with Gasteiger partial charge < -0.3 is 24.0 Å². The highest BCUT2D eigenvalue weighted by Gasteiger charge is 2.52. The zero-order valence-corrected chi connectivity index (χ0v) is 20.1. The smallest absolute Gasteiger partial charge is 0.127 e. The van der Waals surface area contributed by atoms with E-state index >= 15 is 0 Å². The van der Waals surface area contributed by atoms with Gasteiger partial charge in [0.25, 0.3) is 0 Å². The summed E-state index contributed by atoms with van der Waals surface area (Å²) in [6.45, 7) is 11.3. The third kappa shape index (κ3) is 4.07. The molecule has 0 aliphatic carbocycles. The van der Waals surface area contributed by atoms with E-state index in [1.165, 1.54) is 0 Å². The van der Waals surface area contributed by atoms with Crippen molar-refractivity contribution in [2.75, 3.05) is 26.2 Å². The summed E-state index contributed by atoms with van der Waals surface area (Å²) in [6, 6.07) is 5.94. The van der Waals surface area contributed by atoms with E-state index in [-0.39, 0.29) is 23.7 Å². The van der Waals surface area contributed by atoms with Gasteiger partial charge in [-0.15, -0.1) is 0 Å². The van der Waals surface area contributed by atoms with Crippen LogP contribution in [-0.2, 0) is 17.9 Å². The van der Waals surface area contributed by atoms with Crippen molar-refractivity contribution in [3.63, 3.8) is 0 Å². The second-order valence-corrected chi connectivity index (χ2v) is 10.8. The molecule has 0 amide bonds. The number of aliphatic hydroxyl groups excluding tert-OH is 1. The number of hydrogen-bond acceptors (Lipinski definition) is 5. The lowest BCUT2D eigenvalue weighted by Crippen LogP contribution is -2.54. The number of imidazole rings is 1. The van der Waals surface area contributed by atoms with Crippen molar-refractivity contribution in [3.05, 3.63) is 46.5 Å². The summed E-state index contributed by atoms with van der Waals surface area (Å²) in [5.74, 6) is 2.17. The van der Waals surface area contributed by atoms with Gasteiger partial charge in [-0.2, -0.15) is 0 Å². The van der Waals surface area contributed by atoms with Gasteiger partial charge in [0, 0.05) is 35.8 Å². The molecular weight excluding hydrogens is 426 g/mol. The highest BCUT2D eigenvalue weighted by atomic mass is 35.5. The summed E-state index contributed by atoms with van der Waals surface area (Å²) in [7, 11) is 0. The van der Waals surface area contributed by atoms with Crippen LogP contribution in [0.25, 0.3) is 0 Å². The maximum atomic E-state index is 9.31. The fourth-order valence-corrected chi connectivity index (χ4v) is 6.01. The summed E-state index contributed by atoms with van der Waals surface area (Å²) in [5.41, 5.74) is 1.84. The lowest BCUT2D eigenvalue weighted by molar-refractivity contribution is -0.174. The molecule has 4 heterocycles. The molecule has 1 aromatic heterocycles. The number of rotatable bonds is 4. The van der Waals surface area contributed by atoms with Crippen LogP contribution in [0.2, 0.25) is 5.02 Å². The lowest BCUT2D eigenvalue weighted by atomic mass is 9.64. The Morgan fingerprint density at radius 3 is 2.72 bits per heavy atom. The van der Waals surface area contributed by atoms with E-state index in [0.717, 1.165) is 74.9 Å². The first-order valence-corrected chi connectivity index (χ1v) is 12.1.